The normalized spacial score (nSPS) is 17.3. The lowest BCUT2D eigenvalue weighted by atomic mass is 10.1. The fraction of sp³-hybridized carbons (Fsp3) is 0.235. The average Bonchev–Trinajstić information content (AvgIpc) is 3.23. The Morgan fingerprint density at radius 2 is 1.96 bits per heavy atom. The number of H-pyrrole nitrogens is 1. The van der Waals surface area contributed by atoms with Gasteiger partial charge in [0.2, 0.25) is 0 Å². The monoisotopic (exact) mass is 439 g/mol. The molecule has 1 N–H and O–H groups in total. The Kier molecular flexibility index (Phi) is 4.10. The summed E-state index contributed by atoms with van der Waals surface area (Å²) in [5.41, 5.74) is 1.10. The first-order valence-electron chi connectivity index (χ1n) is 8.03. The molecule has 0 aliphatic carbocycles. The molecule has 1 atom stereocenters. The van der Waals surface area contributed by atoms with Crippen molar-refractivity contribution in [2.45, 2.75) is 19.1 Å². The summed E-state index contributed by atoms with van der Waals surface area (Å²) in [5.74, 6) is -0.338. The number of carbonyl (C=O) groups excluding carboxylic acids is 1. The van der Waals surface area contributed by atoms with Crippen molar-refractivity contribution < 1.29 is 18.0 Å². The van der Waals surface area contributed by atoms with E-state index in [2.05, 4.69) is 31.0 Å². The molecule has 1 aromatic carbocycles. The third kappa shape index (κ3) is 2.93. The van der Waals surface area contributed by atoms with Crippen molar-refractivity contribution in [2.75, 3.05) is 11.4 Å². The van der Waals surface area contributed by atoms with Gasteiger partial charge in [-0.15, -0.1) is 0 Å². The van der Waals surface area contributed by atoms with E-state index in [1.54, 1.807) is 10.9 Å². The van der Waals surface area contributed by atoms with Crippen molar-refractivity contribution in [1.82, 2.24) is 19.7 Å². The number of carbonyl (C=O) groups is 1. The van der Waals surface area contributed by atoms with Crippen molar-refractivity contribution >= 4 is 27.5 Å². The Bertz CT molecular complexity index is 1010. The number of hydrogen-bond donors (Lipinski definition) is 1. The Labute approximate surface area is 160 Å². The number of hydrogen-bond acceptors (Lipinski definition) is 3. The molecule has 1 aliphatic rings. The second kappa shape index (κ2) is 6.22. The number of alkyl halides is 3. The Hall–Kier alpha value is -2.62. The Morgan fingerprint density at radius 1 is 1.26 bits per heavy atom. The van der Waals surface area contributed by atoms with Gasteiger partial charge in [-0.3, -0.25) is 9.48 Å². The highest BCUT2D eigenvalue weighted by molar-refractivity contribution is 9.10. The van der Waals surface area contributed by atoms with Crippen molar-refractivity contribution in [3.8, 4) is 11.3 Å². The van der Waals surface area contributed by atoms with E-state index in [1.165, 1.54) is 23.4 Å². The minimum absolute atomic E-state index is 0.147. The van der Waals surface area contributed by atoms with Crippen LogP contribution in [0.2, 0.25) is 0 Å². The quantitative estimate of drug-likeness (QED) is 0.647. The lowest BCUT2D eigenvalue weighted by molar-refractivity contribution is -0.137. The van der Waals surface area contributed by atoms with Gasteiger partial charge in [-0.1, -0.05) is 0 Å². The number of rotatable bonds is 2. The lowest BCUT2D eigenvalue weighted by Crippen LogP contribution is -2.42. The van der Waals surface area contributed by atoms with Gasteiger partial charge in [0.15, 0.2) is 0 Å². The molecule has 1 aliphatic heterocycles. The number of nitrogens with zero attached hydrogens (tertiary/aromatic N) is 4. The van der Waals surface area contributed by atoms with Crippen LogP contribution in [0, 0.1) is 0 Å². The molecule has 1 amide bonds. The van der Waals surface area contributed by atoms with Crippen molar-refractivity contribution in [2.24, 2.45) is 0 Å². The predicted molar refractivity (Wildman–Crippen MR) is 95.3 cm³/mol. The molecule has 0 saturated carbocycles. The topological polar surface area (TPSA) is 66.8 Å². The van der Waals surface area contributed by atoms with Crippen LogP contribution in [-0.2, 0) is 6.18 Å². The molecular weight excluding hydrogens is 427 g/mol. The number of nitrogens with one attached hydrogen (secondary N) is 1. The molecule has 27 heavy (non-hydrogen) atoms. The van der Waals surface area contributed by atoms with E-state index in [0.717, 1.165) is 12.1 Å². The van der Waals surface area contributed by atoms with Crippen molar-refractivity contribution in [3.05, 3.63) is 52.7 Å². The largest absolute Gasteiger partial charge is 0.416 e. The average molecular weight is 440 g/mol. The fourth-order valence-electron chi connectivity index (χ4n) is 3.15. The van der Waals surface area contributed by atoms with Crippen molar-refractivity contribution in [3.63, 3.8) is 0 Å². The van der Waals surface area contributed by atoms with E-state index in [1.807, 2.05) is 6.92 Å². The van der Waals surface area contributed by atoms with Gasteiger partial charge in [-0.2, -0.15) is 18.3 Å². The minimum atomic E-state index is -4.42. The van der Waals surface area contributed by atoms with Crippen LogP contribution >= 0.6 is 15.9 Å². The third-order valence-electron chi connectivity index (χ3n) is 4.46. The first kappa shape index (κ1) is 17.8. The highest BCUT2D eigenvalue weighted by atomic mass is 79.9. The summed E-state index contributed by atoms with van der Waals surface area (Å²) in [6.07, 6.45) is -1.36. The summed E-state index contributed by atoms with van der Waals surface area (Å²) in [5, 5.41) is 4.31. The number of anilines is 1. The van der Waals surface area contributed by atoms with E-state index >= 15 is 0 Å². The molecule has 3 heterocycles. The van der Waals surface area contributed by atoms with Crippen LogP contribution in [0.15, 0.2) is 41.4 Å². The molecular formula is C17H13BrF3N5O. The van der Waals surface area contributed by atoms with Crippen LogP contribution in [-0.4, -0.2) is 32.2 Å². The smallest absolute Gasteiger partial charge is 0.339 e. The van der Waals surface area contributed by atoms with Gasteiger partial charge in [0.25, 0.3) is 5.91 Å². The van der Waals surface area contributed by atoms with E-state index in [0.29, 0.717) is 33.8 Å². The minimum Gasteiger partial charge on any atom is -0.339 e. The van der Waals surface area contributed by atoms with Gasteiger partial charge in [0, 0.05) is 12.2 Å². The molecule has 2 aromatic heterocycles. The van der Waals surface area contributed by atoms with Crippen LogP contribution in [0.25, 0.3) is 11.3 Å². The number of fused-ring (bicyclic) bond motifs is 1. The maximum atomic E-state index is 13.1. The van der Waals surface area contributed by atoms with Gasteiger partial charge in [-0.25, -0.2) is 4.98 Å². The Balaban J connectivity index is 1.75. The number of imidazole rings is 1. The second-order valence-corrected chi connectivity index (χ2v) is 7.02. The van der Waals surface area contributed by atoms with Crippen LogP contribution in [0.3, 0.4) is 0 Å². The number of halogens is 4. The third-order valence-corrected chi connectivity index (χ3v) is 5.07. The fourth-order valence-corrected chi connectivity index (χ4v) is 3.57. The van der Waals surface area contributed by atoms with Crippen LogP contribution < -0.4 is 4.90 Å². The van der Waals surface area contributed by atoms with Gasteiger partial charge >= 0.3 is 6.18 Å². The summed E-state index contributed by atoms with van der Waals surface area (Å²) in [7, 11) is 0. The zero-order valence-corrected chi connectivity index (χ0v) is 15.5. The summed E-state index contributed by atoms with van der Waals surface area (Å²) in [4.78, 5) is 21.7. The highest BCUT2D eigenvalue weighted by Crippen LogP contribution is 2.35. The SMILES string of the molecule is C[C@H]1CN(c2ccc(C(F)(F)F)cc2)C(=O)c2c(-c3nc[nH]c3Br)cnn21. The molecule has 0 bridgehead atoms. The number of benzene rings is 1. The zero-order chi connectivity index (χ0) is 19.3. The van der Waals surface area contributed by atoms with Gasteiger partial charge in [0.05, 0.1) is 29.7 Å². The standard InChI is InChI=1S/C17H13BrF3N5O/c1-9-7-25(11-4-2-10(3-5-11)17(19,20)21)16(27)14-12(6-24-26(9)14)13-15(18)23-8-22-13/h2-6,8-9H,7H2,1H3,(H,22,23)/t9-/m0/s1. The number of aromatic nitrogens is 4. The van der Waals surface area contributed by atoms with E-state index in [4.69, 9.17) is 0 Å². The summed E-state index contributed by atoms with van der Waals surface area (Å²) in [6, 6.07) is 4.42. The zero-order valence-electron chi connectivity index (χ0n) is 14.0. The van der Waals surface area contributed by atoms with Gasteiger partial charge in [0.1, 0.15) is 16.0 Å². The van der Waals surface area contributed by atoms with Crippen LogP contribution in [0.1, 0.15) is 29.0 Å². The lowest BCUT2D eigenvalue weighted by Gasteiger charge is -2.32. The number of aromatic amines is 1. The maximum Gasteiger partial charge on any atom is 0.416 e. The molecule has 0 fully saturated rings. The second-order valence-electron chi connectivity index (χ2n) is 6.23. The molecule has 10 heteroatoms. The van der Waals surface area contributed by atoms with Crippen LogP contribution in [0.4, 0.5) is 18.9 Å². The highest BCUT2D eigenvalue weighted by Gasteiger charge is 2.35. The predicted octanol–water partition coefficient (Wildman–Crippen LogP) is 4.28. The molecule has 0 unspecified atom stereocenters. The first-order valence-corrected chi connectivity index (χ1v) is 8.82. The van der Waals surface area contributed by atoms with Crippen molar-refractivity contribution in [1.29, 1.82) is 0 Å². The van der Waals surface area contributed by atoms with Gasteiger partial charge in [-0.05, 0) is 47.1 Å². The van der Waals surface area contributed by atoms with E-state index in [-0.39, 0.29) is 11.9 Å². The molecule has 0 radical (unpaired) electrons. The summed E-state index contributed by atoms with van der Waals surface area (Å²) >= 11 is 3.35. The maximum absolute atomic E-state index is 13.1. The summed E-state index contributed by atoms with van der Waals surface area (Å²) < 4.78 is 40.6. The molecule has 140 valence electrons. The molecule has 6 nitrogen and oxygen atoms in total. The summed E-state index contributed by atoms with van der Waals surface area (Å²) in [6.45, 7) is 2.20. The Morgan fingerprint density at radius 3 is 2.56 bits per heavy atom. The molecule has 4 rings (SSSR count). The van der Waals surface area contributed by atoms with Crippen LogP contribution in [0.5, 0.6) is 0 Å². The molecule has 3 aromatic rings. The molecule has 0 saturated heterocycles. The first-order chi connectivity index (χ1) is 12.8. The number of amides is 1. The van der Waals surface area contributed by atoms with Gasteiger partial charge < -0.3 is 9.88 Å². The van der Waals surface area contributed by atoms with E-state index < -0.39 is 11.7 Å². The molecule has 0 spiro atoms. The van der Waals surface area contributed by atoms with E-state index in [9.17, 15) is 18.0 Å².